The summed E-state index contributed by atoms with van der Waals surface area (Å²) >= 11 is 1.53. The van der Waals surface area contributed by atoms with Crippen molar-refractivity contribution in [2.75, 3.05) is 5.32 Å². The predicted molar refractivity (Wildman–Crippen MR) is 58.6 cm³/mol. The minimum absolute atomic E-state index is 0.00903. The topological polar surface area (TPSA) is 50.7 Å². The molecule has 0 aliphatic heterocycles. The molecular weight excluding hydrogens is 196 g/mol. The van der Waals surface area contributed by atoms with Crippen LogP contribution in [0.2, 0.25) is 0 Å². The molecule has 0 amide bonds. The summed E-state index contributed by atoms with van der Waals surface area (Å²) in [5, 5.41) is 3.30. The summed E-state index contributed by atoms with van der Waals surface area (Å²) in [7, 11) is 0. The molecule has 2 rings (SSSR count). The number of hydrogen-bond acceptors (Lipinski definition) is 5. The molecule has 1 N–H and O–H groups in total. The van der Waals surface area contributed by atoms with Crippen molar-refractivity contribution in [1.29, 1.82) is 0 Å². The van der Waals surface area contributed by atoms with E-state index in [0.717, 1.165) is 16.2 Å². The lowest BCUT2D eigenvalue weighted by Gasteiger charge is -2.20. The van der Waals surface area contributed by atoms with Gasteiger partial charge in [0.25, 0.3) is 0 Å². The highest BCUT2D eigenvalue weighted by Crippen LogP contribution is 2.22. The van der Waals surface area contributed by atoms with E-state index in [1.165, 1.54) is 11.3 Å². The van der Waals surface area contributed by atoms with Gasteiger partial charge in [0, 0.05) is 5.54 Å². The molecule has 0 aromatic carbocycles. The molecule has 0 atom stereocenters. The second-order valence-corrected chi connectivity index (χ2v) is 4.94. The molecule has 0 bridgehead atoms. The largest absolute Gasteiger partial charge is 0.364 e. The molecule has 0 aliphatic rings. The van der Waals surface area contributed by atoms with Gasteiger partial charge in [-0.1, -0.05) is 0 Å². The predicted octanol–water partition coefficient (Wildman–Crippen LogP) is 2.30. The molecule has 5 heteroatoms. The van der Waals surface area contributed by atoms with Crippen LogP contribution in [-0.4, -0.2) is 20.5 Å². The van der Waals surface area contributed by atoms with Gasteiger partial charge in [0.05, 0.1) is 5.51 Å². The molecule has 2 heterocycles. The van der Waals surface area contributed by atoms with Crippen LogP contribution in [0.1, 0.15) is 20.8 Å². The summed E-state index contributed by atoms with van der Waals surface area (Å²) in [5.74, 6) is 0.809. The molecule has 14 heavy (non-hydrogen) atoms. The van der Waals surface area contributed by atoms with Crippen LogP contribution in [-0.2, 0) is 0 Å². The molecule has 2 aromatic rings. The van der Waals surface area contributed by atoms with Gasteiger partial charge in [-0.25, -0.2) is 15.0 Å². The lowest BCUT2D eigenvalue weighted by atomic mass is 10.1. The van der Waals surface area contributed by atoms with E-state index < -0.39 is 0 Å². The summed E-state index contributed by atoms with van der Waals surface area (Å²) in [6.45, 7) is 6.27. The van der Waals surface area contributed by atoms with Gasteiger partial charge in [0.1, 0.15) is 16.7 Å². The second kappa shape index (κ2) is 3.16. The number of nitrogens with zero attached hydrogens (tertiary/aromatic N) is 3. The minimum atomic E-state index is -0.00903. The smallest absolute Gasteiger partial charge is 0.157 e. The van der Waals surface area contributed by atoms with E-state index >= 15 is 0 Å². The first kappa shape index (κ1) is 9.33. The average molecular weight is 208 g/mol. The van der Waals surface area contributed by atoms with Crippen molar-refractivity contribution in [2.24, 2.45) is 0 Å². The molecule has 0 radical (unpaired) electrons. The number of anilines is 1. The summed E-state index contributed by atoms with van der Waals surface area (Å²) in [4.78, 5) is 13.5. The zero-order valence-corrected chi connectivity index (χ0v) is 9.22. The zero-order chi connectivity index (χ0) is 10.2. The van der Waals surface area contributed by atoms with E-state index in [-0.39, 0.29) is 5.54 Å². The minimum Gasteiger partial charge on any atom is -0.364 e. The molecule has 0 saturated carbocycles. The van der Waals surface area contributed by atoms with E-state index in [4.69, 9.17) is 0 Å². The summed E-state index contributed by atoms with van der Waals surface area (Å²) in [5.41, 5.74) is 2.63. The van der Waals surface area contributed by atoms with Gasteiger partial charge in [-0.05, 0) is 20.8 Å². The van der Waals surface area contributed by atoms with E-state index in [0.29, 0.717) is 0 Å². The van der Waals surface area contributed by atoms with Gasteiger partial charge < -0.3 is 5.32 Å². The SMILES string of the molecule is CC(C)(C)Nc1ncnc2scnc12. The van der Waals surface area contributed by atoms with Crippen molar-refractivity contribution in [3.05, 3.63) is 11.8 Å². The van der Waals surface area contributed by atoms with Crippen molar-refractivity contribution < 1.29 is 0 Å². The van der Waals surface area contributed by atoms with Gasteiger partial charge in [-0.15, -0.1) is 11.3 Å². The number of thiazole rings is 1. The Morgan fingerprint density at radius 3 is 2.71 bits per heavy atom. The Hall–Kier alpha value is -1.23. The van der Waals surface area contributed by atoms with E-state index in [1.54, 1.807) is 11.8 Å². The van der Waals surface area contributed by atoms with E-state index in [1.807, 2.05) is 0 Å². The summed E-state index contributed by atoms with van der Waals surface area (Å²) in [6.07, 6.45) is 1.56. The Balaban J connectivity index is 2.46. The third-order valence-electron chi connectivity index (χ3n) is 1.63. The fraction of sp³-hybridized carbons (Fsp3) is 0.444. The first-order valence-corrected chi connectivity index (χ1v) is 5.26. The van der Waals surface area contributed by atoms with Gasteiger partial charge >= 0.3 is 0 Å². The third kappa shape index (κ3) is 1.82. The molecular formula is C9H12N4S. The summed E-state index contributed by atoms with van der Waals surface area (Å²) < 4.78 is 0. The molecule has 4 nitrogen and oxygen atoms in total. The number of fused-ring (bicyclic) bond motifs is 1. The quantitative estimate of drug-likeness (QED) is 0.781. The van der Waals surface area contributed by atoms with Gasteiger partial charge in [-0.2, -0.15) is 0 Å². The Morgan fingerprint density at radius 1 is 1.21 bits per heavy atom. The van der Waals surface area contributed by atoms with Gasteiger partial charge in [0.15, 0.2) is 5.82 Å². The molecule has 0 saturated heterocycles. The normalized spacial score (nSPS) is 11.9. The highest BCUT2D eigenvalue weighted by Gasteiger charge is 2.13. The number of hydrogen-bond donors (Lipinski definition) is 1. The average Bonchev–Trinajstić information content (AvgIpc) is 2.49. The molecule has 74 valence electrons. The maximum atomic E-state index is 4.23. The third-order valence-corrected chi connectivity index (χ3v) is 2.36. The Morgan fingerprint density at radius 2 is 2.00 bits per heavy atom. The summed E-state index contributed by atoms with van der Waals surface area (Å²) in [6, 6.07) is 0. The highest BCUT2D eigenvalue weighted by atomic mass is 32.1. The molecule has 0 unspecified atom stereocenters. The maximum absolute atomic E-state index is 4.23. The molecule has 0 fully saturated rings. The Kier molecular flexibility index (Phi) is 2.11. The van der Waals surface area contributed by atoms with Gasteiger partial charge in [-0.3, -0.25) is 0 Å². The molecule has 0 spiro atoms. The lowest BCUT2D eigenvalue weighted by molar-refractivity contribution is 0.631. The van der Waals surface area contributed by atoms with Crippen LogP contribution in [0.3, 0.4) is 0 Å². The van der Waals surface area contributed by atoms with Crippen LogP contribution in [0.25, 0.3) is 10.3 Å². The zero-order valence-electron chi connectivity index (χ0n) is 8.40. The van der Waals surface area contributed by atoms with E-state index in [2.05, 4.69) is 41.0 Å². The standard InChI is InChI=1S/C9H12N4S/c1-9(2,3)13-7-6-8(11-4-10-7)14-5-12-6/h4-5H,1-3H3,(H,10,11,13). The fourth-order valence-corrected chi connectivity index (χ4v) is 1.77. The first-order valence-electron chi connectivity index (χ1n) is 4.39. The van der Waals surface area contributed by atoms with Crippen LogP contribution in [0.5, 0.6) is 0 Å². The number of nitrogens with one attached hydrogen (secondary N) is 1. The van der Waals surface area contributed by atoms with Gasteiger partial charge in [0.2, 0.25) is 0 Å². The number of aromatic nitrogens is 3. The van der Waals surface area contributed by atoms with Crippen molar-refractivity contribution in [3.63, 3.8) is 0 Å². The second-order valence-electron chi connectivity index (χ2n) is 4.10. The van der Waals surface area contributed by atoms with Crippen molar-refractivity contribution in [1.82, 2.24) is 15.0 Å². The van der Waals surface area contributed by atoms with Crippen LogP contribution in [0.15, 0.2) is 11.8 Å². The Bertz CT molecular complexity index is 443. The van der Waals surface area contributed by atoms with Crippen LogP contribution >= 0.6 is 11.3 Å². The van der Waals surface area contributed by atoms with Crippen LogP contribution in [0, 0.1) is 0 Å². The fourth-order valence-electron chi connectivity index (χ4n) is 1.14. The first-order chi connectivity index (χ1) is 6.56. The van der Waals surface area contributed by atoms with Crippen molar-refractivity contribution in [2.45, 2.75) is 26.3 Å². The van der Waals surface area contributed by atoms with Crippen LogP contribution < -0.4 is 5.32 Å². The highest BCUT2D eigenvalue weighted by molar-refractivity contribution is 7.16. The molecule has 0 aliphatic carbocycles. The molecule has 2 aromatic heterocycles. The van der Waals surface area contributed by atoms with Crippen molar-refractivity contribution in [3.8, 4) is 0 Å². The van der Waals surface area contributed by atoms with Crippen molar-refractivity contribution >= 4 is 27.5 Å². The Labute approximate surface area is 86.4 Å². The monoisotopic (exact) mass is 208 g/mol. The number of rotatable bonds is 1. The lowest BCUT2D eigenvalue weighted by Crippen LogP contribution is -2.26. The maximum Gasteiger partial charge on any atom is 0.157 e. The van der Waals surface area contributed by atoms with Crippen LogP contribution in [0.4, 0.5) is 5.82 Å². The van der Waals surface area contributed by atoms with E-state index in [9.17, 15) is 0 Å².